The molecule has 0 amide bonds. The van der Waals surface area contributed by atoms with Gasteiger partial charge in [-0.2, -0.15) is 0 Å². The molecule has 0 radical (unpaired) electrons. The fourth-order valence-electron chi connectivity index (χ4n) is 3.45. The van der Waals surface area contributed by atoms with Crippen LogP contribution in [0.4, 0.5) is 5.69 Å². The summed E-state index contributed by atoms with van der Waals surface area (Å²) in [5, 5.41) is 11.2. The van der Waals surface area contributed by atoms with Crippen LogP contribution in [0.25, 0.3) is 0 Å². The summed E-state index contributed by atoms with van der Waals surface area (Å²) < 4.78 is 10.9. The number of non-ortho nitro benzene ring substituents is 1. The van der Waals surface area contributed by atoms with E-state index < -0.39 is 0 Å². The van der Waals surface area contributed by atoms with E-state index in [1.54, 1.807) is 12.1 Å². The van der Waals surface area contributed by atoms with E-state index in [-0.39, 0.29) is 17.4 Å². The van der Waals surface area contributed by atoms with E-state index in [4.69, 9.17) is 9.47 Å². The average molecular weight is 306 g/mol. The lowest BCUT2D eigenvalue weighted by molar-refractivity contribution is -0.385. The number of nitro groups is 1. The zero-order valence-corrected chi connectivity index (χ0v) is 12.9. The third-order valence-electron chi connectivity index (χ3n) is 4.58. The smallest absolute Gasteiger partial charge is 0.270 e. The Morgan fingerprint density at radius 1 is 1.41 bits per heavy atom. The Balaban J connectivity index is 1.91. The number of likely N-dealkylation sites (tertiary alicyclic amines) is 1. The van der Waals surface area contributed by atoms with Gasteiger partial charge >= 0.3 is 0 Å². The van der Waals surface area contributed by atoms with Crippen molar-refractivity contribution in [3.63, 3.8) is 0 Å². The van der Waals surface area contributed by atoms with E-state index in [1.807, 2.05) is 0 Å². The Kier molecular flexibility index (Phi) is 4.59. The van der Waals surface area contributed by atoms with Crippen LogP contribution in [0.1, 0.15) is 43.7 Å². The molecule has 2 aliphatic rings. The number of fused-ring (bicyclic) bond motifs is 1. The fourth-order valence-corrected chi connectivity index (χ4v) is 3.45. The first kappa shape index (κ1) is 15.2. The van der Waals surface area contributed by atoms with Crippen LogP contribution in [0.3, 0.4) is 0 Å². The standard InChI is InChI=1S/C16H22N2O4/c1-2-14-5-3-4-6-17(14)9-12-7-15(18(19)20)8-13-10-21-11-22-16(12)13/h7-8,14H,2-6,9-11H2,1H3/t14-/m0/s1. The first-order chi connectivity index (χ1) is 10.7. The van der Waals surface area contributed by atoms with Crippen molar-refractivity contribution in [1.29, 1.82) is 0 Å². The van der Waals surface area contributed by atoms with Gasteiger partial charge in [0.15, 0.2) is 6.79 Å². The third-order valence-corrected chi connectivity index (χ3v) is 4.58. The zero-order valence-electron chi connectivity index (χ0n) is 12.9. The molecule has 120 valence electrons. The number of benzene rings is 1. The van der Waals surface area contributed by atoms with Crippen LogP contribution in [0, 0.1) is 10.1 Å². The summed E-state index contributed by atoms with van der Waals surface area (Å²) >= 11 is 0. The molecule has 1 atom stereocenters. The van der Waals surface area contributed by atoms with Crippen LogP contribution < -0.4 is 4.74 Å². The third kappa shape index (κ3) is 3.08. The van der Waals surface area contributed by atoms with Crippen molar-refractivity contribution in [1.82, 2.24) is 4.90 Å². The van der Waals surface area contributed by atoms with Crippen molar-refractivity contribution in [2.75, 3.05) is 13.3 Å². The first-order valence-corrected chi connectivity index (χ1v) is 7.93. The highest BCUT2D eigenvalue weighted by atomic mass is 16.7. The molecule has 22 heavy (non-hydrogen) atoms. The van der Waals surface area contributed by atoms with Gasteiger partial charge in [0.1, 0.15) is 5.75 Å². The second kappa shape index (κ2) is 6.62. The van der Waals surface area contributed by atoms with Crippen LogP contribution in [-0.2, 0) is 17.9 Å². The lowest BCUT2D eigenvalue weighted by atomic mass is 9.98. The molecular formula is C16H22N2O4. The molecule has 0 bridgehead atoms. The molecule has 1 aromatic rings. The minimum atomic E-state index is -0.341. The summed E-state index contributed by atoms with van der Waals surface area (Å²) in [6.07, 6.45) is 4.78. The van der Waals surface area contributed by atoms with Gasteiger partial charge in [-0.1, -0.05) is 13.3 Å². The highest BCUT2D eigenvalue weighted by Gasteiger charge is 2.26. The van der Waals surface area contributed by atoms with Gasteiger partial charge in [-0.15, -0.1) is 0 Å². The Bertz CT molecular complexity index is 561. The summed E-state index contributed by atoms with van der Waals surface area (Å²) in [5.41, 5.74) is 1.81. The number of nitro benzene ring substituents is 1. The quantitative estimate of drug-likeness (QED) is 0.631. The van der Waals surface area contributed by atoms with Crippen molar-refractivity contribution >= 4 is 5.69 Å². The van der Waals surface area contributed by atoms with Gasteiger partial charge in [-0.05, 0) is 25.8 Å². The number of rotatable bonds is 4. The molecule has 1 saturated heterocycles. The summed E-state index contributed by atoms with van der Waals surface area (Å²) in [6, 6.07) is 3.78. The van der Waals surface area contributed by atoms with Gasteiger partial charge < -0.3 is 9.47 Å². The molecule has 6 nitrogen and oxygen atoms in total. The van der Waals surface area contributed by atoms with E-state index in [0.717, 1.165) is 29.8 Å². The van der Waals surface area contributed by atoms with Crippen molar-refractivity contribution in [3.8, 4) is 5.75 Å². The second-order valence-corrected chi connectivity index (χ2v) is 5.99. The number of nitrogens with zero attached hydrogens (tertiary/aromatic N) is 2. The van der Waals surface area contributed by atoms with Crippen molar-refractivity contribution in [3.05, 3.63) is 33.4 Å². The number of piperidine rings is 1. The van der Waals surface area contributed by atoms with Gasteiger partial charge in [-0.3, -0.25) is 15.0 Å². The monoisotopic (exact) mass is 306 g/mol. The highest BCUT2D eigenvalue weighted by molar-refractivity contribution is 5.50. The number of hydrogen-bond donors (Lipinski definition) is 0. The minimum Gasteiger partial charge on any atom is -0.467 e. The second-order valence-electron chi connectivity index (χ2n) is 5.99. The summed E-state index contributed by atoms with van der Waals surface area (Å²) in [7, 11) is 0. The molecule has 0 aromatic heterocycles. The van der Waals surface area contributed by atoms with Gasteiger partial charge in [0, 0.05) is 35.8 Å². The van der Waals surface area contributed by atoms with Crippen LogP contribution in [0.2, 0.25) is 0 Å². The van der Waals surface area contributed by atoms with Crippen molar-refractivity contribution < 1.29 is 14.4 Å². The predicted molar refractivity (Wildman–Crippen MR) is 81.7 cm³/mol. The number of hydrogen-bond acceptors (Lipinski definition) is 5. The van der Waals surface area contributed by atoms with Crippen molar-refractivity contribution in [2.24, 2.45) is 0 Å². The van der Waals surface area contributed by atoms with Crippen LogP contribution in [-0.4, -0.2) is 29.2 Å². The summed E-state index contributed by atoms with van der Waals surface area (Å²) in [5.74, 6) is 0.775. The molecule has 0 aliphatic carbocycles. The Labute approximate surface area is 130 Å². The van der Waals surface area contributed by atoms with Gasteiger partial charge in [0.2, 0.25) is 0 Å². The van der Waals surface area contributed by atoms with E-state index in [9.17, 15) is 10.1 Å². The van der Waals surface area contributed by atoms with Crippen LogP contribution >= 0.6 is 0 Å². The number of ether oxygens (including phenoxy) is 2. The molecule has 2 heterocycles. The maximum atomic E-state index is 11.2. The normalized spacial score (nSPS) is 22.0. The first-order valence-electron chi connectivity index (χ1n) is 7.93. The van der Waals surface area contributed by atoms with Gasteiger partial charge in [-0.25, -0.2) is 0 Å². The van der Waals surface area contributed by atoms with Crippen LogP contribution in [0.5, 0.6) is 5.75 Å². The average Bonchev–Trinajstić information content (AvgIpc) is 2.55. The topological polar surface area (TPSA) is 64.8 Å². The van der Waals surface area contributed by atoms with E-state index >= 15 is 0 Å². The van der Waals surface area contributed by atoms with Gasteiger partial charge in [0.05, 0.1) is 11.5 Å². The molecule has 0 unspecified atom stereocenters. The predicted octanol–water partition coefficient (Wildman–Crippen LogP) is 3.23. The van der Waals surface area contributed by atoms with E-state index in [1.165, 1.54) is 19.3 Å². The van der Waals surface area contributed by atoms with E-state index in [2.05, 4.69) is 11.8 Å². The molecular weight excluding hydrogens is 284 g/mol. The Hall–Kier alpha value is -1.66. The van der Waals surface area contributed by atoms with E-state index in [0.29, 0.717) is 19.2 Å². The molecule has 2 aliphatic heterocycles. The highest BCUT2D eigenvalue weighted by Crippen LogP contribution is 2.34. The summed E-state index contributed by atoms with van der Waals surface area (Å²) in [4.78, 5) is 13.3. The molecule has 0 N–H and O–H groups in total. The minimum absolute atomic E-state index is 0.118. The molecule has 1 fully saturated rings. The van der Waals surface area contributed by atoms with Crippen LogP contribution in [0.15, 0.2) is 12.1 Å². The molecule has 1 aromatic carbocycles. The Morgan fingerprint density at radius 3 is 3.05 bits per heavy atom. The lowest BCUT2D eigenvalue weighted by Crippen LogP contribution is -2.38. The molecule has 6 heteroatoms. The molecule has 0 spiro atoms. The largest absolute Gasteiger partial charge is 0.467 e. The lowest BCUT2D eigenvalue weighted by Gasteiger charge is -2.35. The maximum Gasteiger partial charge on any atom is 0.270 e. The summed E-state index contributed by atoms with van der Waals surface area (Å²) in [6.45, 7) is 4.56. The molecule has 0 saturated carbocycles. The van der Waals surface area contributed by atoms with Gasteiger partial charge in [0.25, 0.3) is 5.69 Å². The van der Waals surface area contributed by atoms with Crippen molar-refractivity contribution in [2.45, 2.75) is 51.8 Å². The zero-order chi connectivity index (χ0) is 15.5. The SMILES string of the molecule is CC[C@H]1CCCCN1Cc1cc([N+](=O)[O-])cc2c1OCOC2. The Morgan fingerprint density at radius 2 is 2.27 bits per heavy atom. The molecule has 3 rings (SSSR count). The fraction of sp³-hybridized carbons (Fsp3) is 0.625. The maximum absolute atomic E-state index is 11.2.